The number of carbonyl (C=O) groups is 2. The van der Waals surface area contributed by atoms with Crippen molar-refractivity contribution in [2.75, 3.05) is 5.75 Å². The minimum Gasteiger partial charge on any atom is -0.352 e. The number of benzene rings is 2. The Kier molecular flexibility index (Phi) is 9.12. The molecule has 0 radical (unpaired) electrons. The van der Waals surface area contributed by atoms with Crippen LogP contribution in [0.3, 0.4) is 0 Å². The number of hydrogen-bond acceptors (Lipinski definition) is 3. The third kappa shape index (κ3) is 6.90. The highest BCUT2D eigenvalue weighted by molar-refractivity contribution is 7.99. The van der Waals surface area contributed by atoms with E-state index in [1.807, 2.05) is 30.3 Å². The van der Waals surface area contributed by atoms with Crippen LogP contribution >= 0.6 is 35.0 Å². The first-order valence-electron chi connectivity index (χ1n) is 10.7. The molecule has 1 N–H and O–H groups in total. The van der Waals surface area contributed by atoms with Crippen LogP contribution < -0.4 is 5.32 Å². The van der Waals surface area contributed by atoms with Crippen molar-refractivity contribution in [2.45, 2.75) is 62.6 Å². The monoisotopic (exact) mass is 478 g/mol. The number of nitrogens with one attached hydrogen (secondary N) is 1. The molecular formula is C24H28Cl2N2O2S. The zero-order chi connectivity index (χ0) is 22.2. The molecule has 2 amide bonds. The van der Waals surface area contributed by atoms with Crippen molar-refractivity contribution >= 4 is 46.8 Å². The number of carbonyl (C=O) groups excluding carboxylic acids is 2. The number of rotatable bonds is 9. The first-order valence-corrected chi connectivity index (χ1v) is 12.4. The number of hydrogen-bond donors (Lipinski definition) is 1. The van der Waals surface area contributed by atoms with E-state index in [1.165, 1.54) is 0 Å². The normalized spacial score (nSPS) is 14.9. The Morgan fingerprint density at radius 1 is 1.06 bits per heavy atom. The van der Waals surface area contributed by atoms with Crippen LogP contribution in [-0.2, 0) is 16.1 Å². The van der Waals surface area contributed by atoms with Crippen molar-refractivity contribution in [2.24, 2.45) is 0 Å². The van der Waals surface area contributed by atoms with Gasteiger partial charge in [0.05, 0.1) is 0 Å². The van der Waals surface area contributed by atoms with E-state index in [-0.39, 0.29) is 24.4 Å². The van der Waals surface area contributed by atoms with Crippen LogP contribution in [0.4, 0.5) is 0 Å². The van der Waals surface area contributed by atoms with Crippen LogP contribution in [0.1, 0.15) is 44.6 Å². The minimum atomic E-state index is -0.609. The van der Waals surface area contributed by atoms with Crippen LogP contribution in [0.5, 0.6) is 0 Å². The summed E-state index contributed by atoms with van der Waals surface area (Å²) in [4.78, 5) is 28.8. The Labute approximate surface area is 198 Å². The van der Waals surface area contributed by atoms with E-state index in [2.05, 4.69) is 5.32 Å². The van der Waals surface area contributed by atoms with Gasteiger partial charge in [-0.3, -0.25) is 9.59 Å². The fraction of sp³-hybridized carbons (Fsp3) is 0.417. The van der Waals surface area contributed by atoms with Gasteiger partial charge in [0.15, 0.2) is 0 Å². The first-order chi connectivity index (χ1) is 15.0. The Bertz CT molecular complexity index is 868. The lowest BCUT2D eigenvalue weighted by atomic mass is 10.1. The van der Waals surface area contributed by atoms with Gasteiger partial charge >= 0.3 is 0 Å². The molecule has 0 aliphatic heterocycles. The molecule has 0 unspecified atom stereocenters. The summed E-state index contributed by atoms with van der Waals surface area (Å²) < 4.78 is 0. The van der Waals surface area contributed by atoms with Crippen LogP contribution in [0, 0.1) is 0 Å². The molecule has 2 aromatic carbocycles. The average Bonchev–Trinajstić information content (AvgIpc) is 3.27. The van der Waals surface area contributed by atoms with Crippen LogP contribution in [0.25, 0.3) is 0 Å². The average molecular weight is 479 g/mol. The number of thioether (sulfide) groups is 1. The number of nitrogens with zero attached hydrogens (tertiary/aromatic N) is 1. The van der Waals surface area contributed by atoms with Gasteiger partial charge in [0, 0.05) is 45.3 Å². The Morgan fingerprint density at radius 3 is 2.35 bits per heavy atom. The third-order valence-corrected chi connectivity index (χ3v) is 7.31. The maximum Gasteiger partial charge on any atom is 0.242 e. The summed E-state index contributed by atoms with van der Waals surface area (Å²) in [5.74, 6) is 0.416. The molecule has 7 heteroatoms. The molecule has 2 aromatic rings. The van der Waals surface area contributed by atoms with Gasteiger partial charge in [-0.2, -0.15) is 0 Å². The van der Waals surface area contributed by atoms with Crippen molar-refractivity contribution in [3.8, 4) is 0 Å². The second-order valence-corrected chi connectivity index (χ2v) is 9.78. The molecule has 1 aliphatic carbocycles. The van der Waals surface area contributed by atoms with Crippen molar-refractivity contribution in [3.05, 3.63) is 64.1 Å². The molecule has 1 aliphatic rings. The van der Waals surface area contributed by atoms with Crippen LogP contribution in [-0.4, -0.2) is 34.6 Å². The first kappa shape index (κ1) is 24.0. The molecule has 1 fully saturated rings. The lowest BCUT2D eigenvalue weighted by Crippen LogP contribution is -2.49. The van der Waals surface area contributed by atoms with Gasteiger partial charge in [0.1, 0.15) is 6.04 Å². The minimum absolute atomic E-state index is 0.0894. The van der Waals surface area contributed by atoms with Crippen molar-refractivity contribution < 1.29 is 9.59 Å². The van der Waals surface area contributed by atoms with Crippen molar-refractivity contribution in [1.82, 2.24) is 10.2 Å². The highest BCUT2D eigenvalue weighted by atomic mass is 35.5. The van der Waals surface area contributed by atoms with Gasteiger partial charge < -0.3 is 10.2 Å². The van der Waals surface area contributed by atoms with E-state index in [0.29, 0.717) is 27.8 Å². The van der Waals surface area contributed by atoms with Gasteiger partial charge in [-0.1, -0.05) is 60.3 Å². The molecule has 3 rings (SSSR count). The SMILES string of the molecule is C[C@@H](C(=O)NC1CCCC1)N(Cc1c(Cl)cccc1Cl)C(=O)CCSc1ccccc1. The molecule has 31 heavy (non-hydrogen) atoms. The van der Waals surface area contributed by atoms with Crippen LogP contribution in [0.2, 0.25) is 10.0 Å². The molecule has 0 bridgehead atoms. The summed E-state index contributed by atoms with van der Waals surface area (Å²) in [5.41, 5.74) is 0.662. The smallest absolute Gasteiger partial charge is 0.242 e. The van der Waals surface area contributed by atoms with E-state index in [0.717, 1.165) is 30.6 Å². The molecule has 1 atom stereocenters. The highest BCUT2D eigenvalue weighted by Crippen LogP contribution is 2.27. The van der Waals surface area contributed by atoms with E-state index < -0.39 is 6.04 Å². The molecule has 0 heterocycles. The predicted molar refractivity (Wildman–Crippen MR) is 129 cm³/mol. The fourth-order valence-electron chi connectivity index (χ4n) is 3.74. The number of halogens is 2. The fourth-order valence-corrected chi connectivity index (χ4v) is 5.12. The summed E-state index contributed by atoms with van der Waals surface area (Å²) in [7, 11) is 0. The van der Waals surface area contributed by atoms with Gasteiger partial charge in [-0.05, 0) is 44.0 Å². The Balaban J connectivity index is 1.70. The lowest BCUT2D eigenvalue weighted by molar-refractivity contribution is -0.140. The van der Waals surface area contributed by atoms with Gasteiger partial charge in [-0.15, -0.1) is 11.8 Å². The third-order valence-electron chi connectivity index (χ3n) is 5.59. The van der Waals surface area contributed by atoms with E-state index in [9.17, 15) is 9.59 Å². The Hall–Kier alpha value is -1.69. The maximum absolute atomic E-state index is 13.2. The molecule has 0 spiro atoms. The van der Waals surface area contributed by atoms with E-state index in [1.54, 1.807) is 41.8 Å². The molecule has 4 nitrogen and oxygen atoms in total. The van der Waals surface area contributed by atoms with Crippen molar-refractivity contribution in [1.29, 1.82) is 0 Å². The van der Waals surface area contributed by atoms with Gasteiger partial charge in [-0.25, -0.2) is 0 Å². The quantitative estimate of drug-likeness (QED) is 0.452. The van der Waals surface area contributed by atoms with Gasteiger partial charge in [0.25, 0.3) is 0 Å². The summed E-state index contributed by atoms with van der Waals surface area (Å²) in [6.07, 6.45) is 4.58. The van der Waals surface area contributed by atoms with Crippen LogP contribution in [0.15, 0.2) is 53.4 Å². The van der Waals surface area contributed by atoms with E-state index in [4.69, 9.17) is 23.2 Å². The summed E-state index contributed by atoms with van der Waals surface area (Å²) in [5, 5.41) is 4.09. The molecular weight excluding hydrogens is 451 g/mol. The largest absolute Gasteiger partial charge is 0.352 e. The summed E-state index contributed by atoms with van der Waals surface area (Å²) >= 11 is 14.3. The highest BCUT2D eigenvalue weighted by Gasteiger charge is 2.29. The second kappa shape index (κ2) is 11.8. The summed E-state index contributed by atoms with van der Waals surface area (Å²) in [6.45, 7) is 1.98. The lowest BCUT2D eigenvalue weighted by Gasteiger charge is -2.30. The summed E-state index contributed by atoms with van der Waals surface area (Å²) in [6, 6.07) is 14.8. The predicted octanol–water partition coefficient (Wildman–Crippen LogP) is 5.95. The molecule has 0 aromatic heterocycles. The molecule has 166 valence electrons. The maximum atomic E-state index is 13.2. The zero-order valence-corrected chi connectivity index (χ0v) is 20.0. The topological polar surface area (TPSA) is 49.4 Å². The molecule has 1 saturated carbocycles. The zero-order valence-electron chi connectivity index (χ0n) is 17.7. The van der Waals surface area contributed by atoms with Crippen molar-refractivity contribution in [3.63, 3.8) is 0 Å². The van der Waals surface area contributed by atoms with E-state index >= 15 is 0 Å². The number of amides is 2. The standard InChI is InChI=1S/C24H28Cl2N2O2S/c1-17(24(30)27-18-8-5-6-9-18)28(16-20-21(25)12-7-13-22(20)26)23(29)14-15-31-19-10-3-2-4-11-19/h2-4,7,10-13,17-18H,5-6,8-9,14-16H2,1H3,(H,27,30)/t17-/m0/s1. The Morgan fingerprint density at radius 2 is 1.71 bits per heavy atom. The molecule has 0 saturated heterocycles. The van der Waals surface area contributed by atoms with Gasteiger partial charge in [0.2, 0.25) is 11.8 Å². The second-order valence-electron chi connectivity index (χ2n) is 7.80.